The van der Waals surface area contributed by atoms with Crippen molar-refractivity contribution in [1.29, 1.82) is 0 Å². The molecule has 1 amide bonds. The van der Waals surface area contributed by atoms with E-state index in [4.69, 9.17) is 10.2 Å². The van der Waals surface area contributed by atoms with Gasteiger partial charge in [0, 0.05) is 32.6 Å². The summed E-state index contributed by atoms with van der Waals surface area (Å²) in [5.74, 6) is -2.44. The maximum absolute atomic E-state index is 11.8. The topological polar surface area (TPSA) is 119 Å². The second-order valence-corrected chi connectivity index (χ2v) is 4.77. The number of hydrogen-bond donors (Lipinski definition) is 4. The maximum atomic E-state index is 11.8. The molecule has 0 spiro atoms. The van der Waals surface area contributed by atoms with E-state index in [0.717, 1.165) is 26.2 Å². The normalized spacial score (nSPS) is 17.4. The van der Waals surface area contributed by atoms with E-state index in [1.165, 1.54) is 0 Å². The molecule has 0 saturated carbocycles. The van der Waals surface area contributed by atoms with Gasteiger partial charge in [0.15, 0.2) is 0 Å². The summed E-state index contributed by atoms with van der Waals surface area (Å²) >= 11 is 0. The lowest BCUT2D eigenvalue weighted by molar-refractivity contribution is -0.142. The van der Waals surface area contributed by atoms with Gasteiger partial charge in [0.05, 0.1) is 6.54 Å². The Morgan fingerprint density at radius 3 is 2.40 bits per heavy atom. The highest BCUT2D eigenvalue weighted by molar-refractivity contribution is 5.84. The molecule has 20 heavy (non-hydrogen) atoms. The number of carbonyl (C=O) groups excluding carboxylic acids is 1. The summed E-state index contributed by atoms with van der Waals surface area (Å²) in [5, 5.41) is 23.1. The number of nitrogens with one attached hydrogen (secondary N) is 2. The number of hydrogen-bond acceptors (Lipinski definition) is 5. The fraction of sp³-hybridized carbons (Fsp3) is 0.750. The highest BCUT2D eigenvalue weighted by Crippen LogP contribution is 2.02. The summed E-state index contributed by atoms with van der Waals surface area (Å²) < 4.78 is 0. The van der Waals surface area contributed by atoms with Crippen LogP contribution in [0.2, 0.25) is 0 Å². The van der Waals surface area contributed by atoms with Crippen LogP contribution < -0.4 is 10.6 Å². The van der Waals surface area contributed by atoms with Crippen LogP contribution in [0.15, 0.2) is 0 Å². The molecule has 1 heterocycles. The van der Waals surface area contributed by atoms with Crippen molar-refractivity contribution in [1.82, 2.24) is 15.5 Å². The summed E-state index contributed by atoms with van der Waals surface area (Å²) in [6.07, 6.45) is 0.243. The molecule has 8 heteroatoms. The van der Waals surface area contributed by atoms with Gasteiger partial charge in [0.2, 0.25) is 5.91 Å². The molecule has 4 N–H and O–H groups in total. The van der Waals surface area contributed by atoms with Gasteiger partial charge in [-0.1, -0.05) is 0 Å². The van der Waals surface area contributed by atoms with Crippen LogP contribution >= 0.6 is 0 Å². The Morgan fingerprint density at radius 2 is 1.85 bits per heavy atom. The Bertz CT molecular complexity index is 355. The standard InChI is InChI=1S/C12H21N3O5/c16-10(8-15-6-4-13-5-7-15)14-9(12(19)20)2-1-3-11(17)18/h9,13H,1-8H2,(H,14,16)(H,17,18)(H,19,20)/t9-/m1/s1. The number of amides is 1. The average Bonchev–Trinajstić information content (AvgIpc) is 2.38. The van der Waals surface area contributed by atoms with Gasteiger partial charge in [-0.05, 0) is 12.8 Å². The van der Waals surface area contributed by atoms with Crippen molar-refractivity contribution in [2.45, 2.75) is 25.3 Å². The molecular weight excluding hydrogens is 266 g/mol. The lowest BCUT2D eigenvalue weighted by Crippen LogP contribution is -2.50. The Morgan fingerprint density at radius 1 is 1.20 bits per heavy atom. The van der Waals surface area contributed by atoms with Gasteiger partial charge in [-0.3, -0.25) is 14.5 Å². The van der Waals surface area contributed by atoms with Crippen LogP contribution in [-0.4, -0.2) is 71.7 Å². The monoisotopic (exact) mass is 287 g/mol. The SMILES string of the molecule is O=C(O)CCC[C@@H](NC(=O)CN1CCNCC1)C(=O)O. The molecule has 0 radical (unpaired) electrons. The first kappa shape index (κ1) is 16.4. The molecule has 1 fully saturated rings. The van der Waals surface area contributed by atoms with Gasteiger partial charge in [0.25, 0.3) is 0 Å². The maximum Gasteiger partial charge on any atom is 0.326 e. The van der Waals surface area contributed by atoms with E-state index in [1.807, 2.05) is 4.90 Å². The number of carbonyl (C=O) groups is 3. The molecule has 0 unspecified atom stereocenters. The second-order valence-electron chi connectivity index (χ2n) is 4.77. The number of piperazine rings is 1. The zero-order valence-corrected chi connectivity index (χ0v) is 11.3. The van der Waals surface area contributed by atoms with Crippen molar-refractivity contribution in [3.05, 3.63) is 0 Å². The molecule has 1 saturated heterocycles. The third-order valence-electron chi connectivity index (χ3n) is 3.09. The summed E-state index contributed by atoms with van der Waals surface area (Å²) in [7, 11) is 0. The first-order valence-corrected chi connectivity index (χ1v) is 6.66. The van der Waals surface area contributed by atoms with Crippen molar-refractivity contribution in [2.75, 3.05) is 32.7 Å². The predicted octanol–water partition coefficient (Wildman–Crippen LogP) is -1.28. The largest absolute Gasteiger partial charge is 0.481 e. The van der Waals surface area contributed by atoms with Crippen LogP contribution in [0.5, 0.6) is 0 Å². The number of aliphatic carboxylic acids is 2. The van der Waals surface area contributed by atoms with Crippen LogP contribution in [-0.2, 0) is 14.4 Å². The minimum absolute atomic E-state index is 0.0998. The molecule has 1 rings (SSSR count). The van der Waals surface area contributed by atoms with E-state index in [-0.39, 0.29) is 31.7 Å². The third-order valence-corrected chi connectivity index (χ3v) is 3.09. The Hall–Kier alpha value is -1.67. The van der Waals surface area contributed by atoms with Crippen LogP contribution in [0.4, 0.5) is 0 Å². The van der Waals surface area contributed by atoms with Gasteiger partial charge in [-0.2, -0.15) is 0 Å². The van der Waals surface area contributed by atoms with E-state index in [9.17, 15) is 14.4 Å². The van der Waals surface area contributed by atoms with Crippen molar-refractivity contribution in [2.24, 2.45) is 0 Å². The van der Waals surface area contributed by atoms with Crippen molar-refractivity contribution < 1.29 is 24.6 Å². The zero-order valence-electron chi connectivity index (χ0n) is 11.3. The van der Waals surface area contributed by atoms with Crippen LogP contribution in [0.1, 0.15) is 19.3 Å². The number of rotatable bonds is 8. The Kier molecular flexibility index (Phi) is 6.96. The summed E-state index contributed by atoms with van der Waals surface area (Å²) in [6.45, 7) is 3.31. The minimum atomic E-state index is -1.14. The van der Waals surface area contributed by atoms with E-state index >= 15 is 0 Å². The molecule has 0 aromatic rings. The van der Waals surface area contributed by atoms with E-state index in [1.54, 1.807) is 0 Å². The summed E-state index contributed by atoms with van der Waals surface area (Å²) in [6, 6.07) is -1.02. The Labute approximate surface area is 117 Å². The molecule has 114 valence electrons. The molecule has 0 bridgehead atoms. The molecule has 1 aliphatic rings. The molecule has 1 atom stereocenters. The first-order chi connectivity index (χ1) is 9.49. The highest BCUT2D eigenvalue weighted by Gasteiger charge is 2.21. The van der Waals surface area contributed by atoms with E-state index in [2.05, 4.69) is 10.6 Å². The number of carboxylic acid groups (broad SMARTS) is 2. The summed E-state index contributed by atoms with van der Waals surface area (Å²) in [4.78, 5) is 35.1. The lowest BCUT2D eigenvalue weighted by atomic mass is 10.1. The molecular formula is C12H21N3O5. The minimum Gasteiger partial charge on any atom is -0.481 e. The predicted molar refractivity (Wildman–Crippen MR) is 70.4 cm³/mol. The highest BCUT2D eigenvalue weighted by atomic mass is 16.4. The quantitative estimate of drug-likeness (QED) is 0.439. The van der Waals surface area contributed by atoms with Gasteiger partial charge in [0.1, 0.15) is 6.04 Å². The molecule has 1 aliphatic heterocycles. The van der Waals surface area contributed by atoms with Gasteiger partial charge < -0.3 is 20.8 Å². The van der Waals surface area contributed by atoms with Crippen molar-refractivity contribution >= 4 is 17.8 Å². The molecule has 8 nitrogen and oxygen atoms in total. The van der Waals surface area contributed by atoms with Gasteiger partial charge >= 0.3 is 11.9 Å². The fourth-order valence-electron chi connectivity index (χ4n) is 2.03. The average molecular weight is 287 g/mol. The smallest absolute Gasteiger partial charge is 0.326 e. The zero-order chi connectivity index (χ0) is 15.0. The van der Waals surface area contributed by atoms with Gasteiger partial charge in [-0.25, -0.2) is 4.79 Å². The number of nitrogens with zero attached hydrogens (tertiary/aromatic N) is 1. The van der Waals surface area contributed by atoms with E-state index < -0.39 is 18.0 Å². The van der Waals surface area contributed by atoms with Crippen LogP contribution in [0, 0.1) is 0 Å². The number of carboxylic acids is 2. The first-order valence-electron chi connectivity index (χ1n) is 6.66. The fourth-order valence-corrected chi connectivity index (χ4v) is 2.03. The van der Waals surface area contributed by atoms with E-state index in [0.29, 0.717) is 0 Å². The van der Waals surface area contributed by atoms with Gasteiger partial charge in [-0.15, -0.1) is 0 Å². The van der Waals surface area contributed by atoms with Crippen molar-refractivity contribution in [3.63, 3.8) is 0 Å². The van der Waals surface area contributed by atoms with Crippen molar-refractivity contribution in [3.8, 4) is 0 Å². The van der Waals surface area contributed by atoms with Crippen LogP contribution in [0.25, 0.3) is 0 Å². The molecule has 0 aromatic carbocycles. The second kappa shape index (κ2) is 8.49. The van der Waals surface area contributed by atoms with Crippen LogP contribution in [0.3, 0.4) is 0 Å². The molecule has 0 aliphatic carbocycles. The Balaban J connectivity index is 2.33. The third kappa shape index (κ3) is 6.48. The molecule has 0 aromatic heterocycles. The lowest BCUT2D eigenvalue weighted by Gasteiger charge is -2.27. The summed E-state index contributed by atoms with van der Waals surface area (Å²) in [5.41, 5.74) is 0.